The number of benzene rings is 1. The maximum Gasteiger partial charge on any atom is 0.322 e. The van der Waals surface area contributed by atoms with Crippen molar-refractivity contribution in [3.05, 3.63) is 42.1 Å². The molecule has 0 saturated heterocycles. The Morgan fingerprint density at radius 2 is 1.94 bits per heavy atom. The summed E-state index contributed by atoms with van der Waals surface area (Å²) in [6, 6.07) is 4.32. The van der Waals surface area contributed by atoms with Crippen molar-refractivity contribution in [1.82, 2.24) is 14.9 Å². The fraction of sp³-hybridized carbons (Fsp3) is 0.500. The maximum atomic E-state index is 15.3. The standard InChI is InChI=1S/C22H28FN5O4S/c1-27(2)20-6-4-3-5-18(20)26-19-12-17(23)21(11-16(19)15-7-8-15)33(30,31)28(32-14-29)22-9-10-24-13-25-22/h9-15,18,20,26H,3-8H2,1-2H3/t18-,20-/m0/s1. The van der Waals surface area contributed by atoms with Crippen molar-refractivity contribution >= 4 is 28.0 Å². The van der Waals surface area contributed by atoms with E-state index in [1.807, 2.05) is 14.1 Å². The number of nitrogens with zero attached hydrogens (tertiary/aromatic N) is 4. The summed E-state index contributed by atoms with van der Waals surface area (Å²) >= 11 is 0. The second-order valence-corrected chi connectivity index (χ2v) is 10.4. The highest BCUT2D eigenvalue weighted by molar-refractivity contribution is 7.92. The van der Waals surface area contributed by atoms with Crippen LogP contribution < -0.4 is 9.79 Å². The van der Waals surface area contributed by atoms with Crippen molar-refractivity contribution in [2.45, 2.75) is 61.4 Å². The van der Waals surface area contributed by atoms with E-state index in [4.69, 9.17) is 4.84 Å². The number of halogens is 1. The Bertz CT molecular complexity index is 1100. The van der Waals surface area contributed by atoms with Crippen LogP contribution in [-0.2, 0) is 19.7 Å². The highest BCUT2D eigenvalue weighted by atomic mass is 32.2. The summed E-state index contributed by atoms with van der Waals surface area (Å²) in [6.45, 7) is -0.0419. The molecule has 0 aliphatic heterocycles. The van der Waals surface area contributed by atoms with Gasteiger partial charge in [-0.2, -0.15) is 8.42 Å². The molecule has 2 atom stereocenters. The Kier molecular flexibility index (Phi) is 6.80. The van der Waals surface area contributed by atoms with Gasteiger partial charge >= 0.3 is 6.47 Å². The van der Waals surface area contributed by atoms with Crippen LogP contribution in [0.2, 0.25) is 0 Å². The summed E-state index contributed by atoms with van der Waals surface area (Å²) in [5, 5.41) is 3.51. The largest absolute Gasteiger partial charge is 0.380 e. The van der Waals surface area contributed by atoms with Gasteiger partial charge in [-0.3, -0.25) is 4.79 Å². The molecule has 2 aliphatic rings. The van der Waals surface area contributed by atoms with Crippen molar-refractivity contribution in [3.63, 3.8) is 0 Å². The van der Waals surface area contributed by atoms with Crippen LogP contribution in [-0.4, -0.2) is 55.9 Å². The Labute approximate surface area is 193 Å². The Morgan fingerprint density at radius 1 is 1.18 bits per heavy atom. The number of likely N-dealkylation sites (N-methyl/N-ethyl adjacent to an activating group) is 1. The van der Waals surface area contributed by atoms with Crippen molar-refractivity contribution in [3.8, 4) is 0 Å². The van der Waals surface area contributed by atoms with Gasteiger partial charge in [0.25, 0.3) is 10.0 Å². The number of carbonyl (C=O) groups excluding carboxylic acids is 1. The molecule has 1 heterocycles. The predicted octanol–water partition coefficient (Wildman–Crippen LogP) is 3.06. The van der Waals surface area contributed by atoms with E-state index >= 15 is 4.39 Å². The molecule has 0 amide bonds. The minimum atomic E-state index is -4.57. The maximum absolute atomic E-state index is 15.3. The molecule has 11 heteroatoms. The molecule has 0 unspecified atom stereocenters. The number of nitrogens with one attached hydrogen (secondary N) is 1. The first-order valence-electron chi connectivity index (χ1n) is 11.0. The van der Waals surface area contributed by atoms with Gasteiger partial charge < -0.3 is 15.1 Å². The lowest BCUT2D eigenvalue weighted by atomic mass is 9.89. The van der Waals surface area contributed by atoms with E-state index in [0.717, 1.165) is 50.4 Å². The van der Waals surface area contributed by atoms with Crippen LogP contribution in [0.15, 0.2) is 35.6 Å². The van der Waals surface area contributed by atoms with E-state index < -0.39 is 20.7 Å². The van der Waals surface area contributed by atoms with E-state index in [0.29, 0.717) is 16.2 Å². The zero-order chi connectivity index (χ0) is 23.6. The van der Waals surface area contributed by atoms with Gasteiger partial charge in [0.2, 0.25) is 0 Å². The molecular weight excluding hydrogens is 449 g/mol. The molecule has 4 rings (SSSR count). The van der Waals surface area contributed by atoms with Gasteiger partial charge in [-0.1, -0.05) is 17.3 Å². The third-order valence-electron chi connectivity index (χ3n) is 6.24. The molecule has 0 radical (unpaired) electrons. The molecule has 178 valence electrons. The molecule has 0 spiro atoms. The summed E-state index contributed by atoms with van der Waals surface area (Å²) in [5.41, 5.74) is 1.38. The van der Waals surface area contributed by atoms with Crippen LogP contribution in [0.5, 0.6) is 0 Å². The van der Waals surface area contributed by atoms with Crippen molar-refractivity contribution < 1.29 is 22.4 Å². The minimum Gasteiger partial charge on any atom is -0.380 e. The molecule has 2 saturated carbocycles. The smallest absolute Gasteiger partial charge is 0.322 e. The Balaban J connectivity index is 1.72. The molecule has 0 bridgehead atoms. The number of hydrogen-bond donors (Lipinski definition) is 1. The predicted molar refractivity (Wildman–Crippen MR) is 121 cm³/mol. The van der Waals surface area contributed by atoms with Crippen molar-refractivity contribution in [2.75, 3.05) is 23.9 Å². The monoisotopic (exact) mass is 477 g/mol. The van der Waals surface area contributed by atoms with Crippen molar-refractivity contribution in [2.24, 2.45) is 0 Å². The van der Waals surface area contributed by atoms with Crippen LogP contribution in [0.1, 0.15) is 50.0 Å². The Hall–Kier alpha value is -2.79. The van der Waals surface area contributed by atoms with E-state index in [2.05, 4.69) is 20.2 Å². The van der Waals surface area contributed by atoms with E-state index in [1.165, 1.54) is 24.4 Å². The average molecular weight is 478 g/mol. The second-order valence-electron chi connectivity index (χ2n) is 8.71. The SMILES string of the molecule is CN(C)[C@H]1CCCC[C@@H]1Nc1cc(F)c(S(=O)(=O)N(OC=O)c2ccncn2)cc1C1CC1. The summed E-state index contributed by atoms with van der Waals surface area (Å²) < 4.78 is 42.2. The summed E-state index contributed by atoms with van der Waals surface area (Å²) in [6.07, 6.45) is 8.46. The zero-order valence-corrected chi connectivity index (χ0v) is 19.5. The first kappa shape index (κ1) is 23.4. The number of anilines is 2. The van der Waals surface area contributed by atoms with E-state index in [1.54, 1.807) is 0 Å². The number of aromatic nitrogens is 2. The highest BCUT2D eigenvalue weighted by Crippen LogP contribution is 2.45. The number of hydrogen-bond acceptors (Lipinski definition) is 8. The number of sulfonamides is 1. The van der Waals surface area contributed by atoms with Crippen LogP contribution >= 0.6 is 0 Å². The molecule has 33 heavy (non-hydrogen) atoms. The molecule has 2 fully saturated rings. The molecule has 1 aromatic carbocycles. The Morgan fingerprint density at radius 3 is 2.58 bits per heavy atom. The van der Waals surface area contributed by atoms with Gasteiger partial charge in [0.15, 0.2) is 5.82 Å². The first-order chi connectivity index (χ1) is 15.8. The quantitative estimate of drug-likeness (QED) is 0.434. The van der Waals surface area contributed by atoms with E-state index in [9.17, 15) is 13.2 Å². The molecular formula is C22H28FN5O4S. The van der Waals surface area contributed by atoms with Gasteiger partial charge in [0, 0.05) is 30.0 Å². The second kappa shape index (κ2) is 9.60. The minimum absolute atomic E-state index is 0.0419. The first-order valence-corrected chi connectivity index (χ1v) is 12.4. The summed E-state index contributed by atoms with van der Waals surface area (Å²) in [5.74, 6) is -0.974. The van der Waals surface area contributed by atoms with Crippen molar-refractivity contribution in [1.29, 1.82) is 0 Å². The van der Waals surface area contributed by atoms with Gasteiger partial charge in [-0.25, -0.2) is 14.4 Å². The normalized spacial score (nSPS) is 21.0. The molecule has 2 aliphatic carbocycles. The topological polar surface area (TPSA) is 105 Å². The molecule has 9 nitrogen and oxygen atoms in total. The number of rotatable bonds is 9. The van der Waals surface area contributed by atoms with Gasteiger partial charge in [-0.05, 0) is 63.4 Å². The van der Waals surface area contributed by atoms with E-state index in [-0.39, 0.29) is 24.2 Å². The summed E-state index contributed by atoms with van der Waals surface area (Å²) in [7, 11) is -0.492. The average Bonchev–Trinajstić information content (AvgIpc) is 3.63. The molecule has 1 N–H and O–H groups in total. The van der Waals surface area contributed by atoms with Gasteiger partial charge in [0.1, 0.15) is 17.0 Å². The van der Waals surface area contributed by atoms with Crippen LogP contribution in [0, 0.1) is 5.82 Å². The third kappa shape index (κ3) is 4.93. The summed E-state index contributed by atoms with van der Waals surface area (Å²) in [4.78, 5) is 24.9. The lowest BCUT2D eigenvalue weighted by molar-refractivity contribution is -0.128. The third-order valence-corrected chi connectivity index (χ3v) is 7.82. The van der Waals surface area contributed by atoms with Crippen LogP contribution in [0.3, 0.4) is 0 Å². The highest BCUT2D eigenvalue weighted by Gasteiger charge is 2.36. The lowest BCUT2D eigenvalue weighted by Crippen LogP contribution is -2.45. The van der Waals surface area contributed by atoms with Crippen LogP contribution in [0.4, 0.5) is 15.9 Å². The lowest BCUT2D eigenvalue weighted by Gasteiger charge is -2.37. The van der Waals surface area contributed by atoms with Gasteiger partial charge in [0.05, 0.1) is 0 Å². The molecule has 1 aromatic heterocycles. The van der Waals surface area contributed by atoms with Crippen LogP contribution in [0.25, 0.3) is 0 Å². The van der Waals surface area contributed by atoms with Gasteiger partial charge in [-0.15, -0.1) is 0 Å². The fourth-order valence-electron chi connectivity index (χ4n) is 4.48. The molecule has 2 aromatic rings. The zero-order valence-electron chi connectivity index (χ0n) is 18.6. The fourth-order valence-corrected chi connectivity index (χ4v) is 5.74. The number of carbonyl (C=O) groups is 1.